The highest BCUT2D eigenvalue weighted by Crippen LogP contribution is 2.20. The summed E-state index contributed by atoms with van der Waals surface area (Å²) in [6.45, 7) is 7.85. The van der Waals surface area contributed by atoms with Crippen molar-refractivity contribution in [2.45, 2.75) is 26.2 Å². The average Bonchev–Trinajstić information content (AvgIpc) is 2.29. The van der Waals surface area contributed by atoms with Gasteiger partial charge < -0.3 is 4.74 Å². The summed E-state index contributed by atoms with van der Waals surface area (Å²) < 4.78 is 5.17. The van der Waals surface area contributed by atoms with E-state index in [2.05, 4.69) is 6.58 Å². The average molecular weight is 218 g/mol. The largest absolute Gasteiger partial charge is 0.461 e. The topological polar surface area (TPSA) is 26.3 Å². The van der Waals surface area contributed by atoms with Gasteiger partial charge >= 0.3 is 5.97 Å². The number of carbonyl (C=O) groups excluding carboxylic acids is 1. The third kappa shape index (κ3) is 3.54. The van der Waals surface area contributed by atoms with E-state index in [0.717, 1.165) is 17.6 Å². The molecule has 2 nitrogen and oxygen atoms in total. The summed E-state index contributed by atoms with van der Waals surface area (Å²) in [5.41, 5.74) is 1.87. The Kier molecular flexibility index (Phi) is 4.77. The molecule has 0 bridgehead atoms. The van der Waals surface area contributed by atoms with E-state index in [1.807, 2.05) is 44.2 Å². The molecule has 1 aromatic rings. The van der Waals surface area contributed by atoms with Crippen LogP contribution in [0, 0.1) is 0 Å². The highest BCUT2D eigenvalue weighted by molar-refractivity contribution is 5.78. The first-order chi connectivity index (χ1) is 7.65. The zero-order chi connectivity index (χ0) is 12.0. The molecule has 0 spiro atoms. The molecule has 1 aromatic carbocycles. The van der Waals surface area contributed by atoms with Crippen molar-refractivity contribution in [2.24, 2.45) is 0 Å². The van der Waals surface area contributed by atoms with Gasteiger partial charge in [-0.1, -0.05) is 43.8 Å². The number of benzene rings is 1. The quantitative estimate of drug-likeness (QED) is 0.560. The minimum atomic E-state index is -0.170. The molecule has 1 unspecified atom stereocenters. The SMILES string of the molecule is C=C(C)COC(=O)C(CC)c1ccccc1. The Morgan fingerprint density at radius 3 is 2.50 bits per heavy atom. The molecule has 0 aromatic heterocycles. The first-order valence-corrected chi connectivity index (χ1v) is 5.51. The van der Waals surface area contributed by atoms with Gasteiger partial charge in [-0.25, -0.2) is 0 Å². The van der Waals surface area contributed by atoms with Crippen LogP contribution in [-0.4, -0.2) is 12.6 Å². The van der Waals surface area contributed by atoms with Crippen LogP contribution in [0.5, 0.6) is 0 Å². The predicted octanol–water partition coefficient (Wildman–Crippen LogP) is 3.30. The van der Waals surface area contributed by atoms with Crippen molar-refractivity contribution in [2.75, 3.05) is 6.61 Å². The van der Waals surface area contributed by atoms with Crippen LogP contribution in [0.4, 0.5) is 0 Å². The van der Waals surface area contributed by atoms with Crippen LogP contribution in [-0.2, 0) is 9.53 Å². The highest BCUT2D eigenvalue weighted by atomic mass is 16.5. The van der Waals surface area contributed by atoms with Crippen molar-refractivity contribution in [1.82, 2.24) is 0 Å². The molecule has 0 aliphatic carbocycles. The zero-order valence-electron chi connectivity index (χ0n) is 9.90. The van der Waals surface area contributed by atoms with Crippen LogP contribution in [0.2, 0.25) is 0 Å². The Morgan fingerprint density at radius 1 is 1.38 bits per heavy atom. The molecule has 0 saturated carbocycles. The van der Waals surface area contributed by atoms with Gasteiger partial charge in [0.15, 0.2) is 0 Å². The van der Waals surface area contributed by atoms with Crippen LogP contribution in [0.25, 0.3) is 0 Å². The molecule has 0 heterocycles. The lowest BCUT2D eigenvalue weighted by Gasteiger charge is -2.14. The number of ether oxygens (including phenoxy) is 1. The maximum absolute atomic E-state index is 11.8. The molecule has 1 rings (SSSR count). The van der Waals surface area contributed by atoms with E-state index in [0.29, 0.717) is 6.61 Å². The van der Waals surface area contributed by atoms with Crippen molar-refractivity contribution < 1.29 is 9.53 Å². The third-order valence-electron chi connectivity index (χ3n) is 2.36. The summed E-state index contributed by atoms with van der Waals surface area (Å²) in [7, 11) is 0. The van der Waals surface area contributed by atoms with E-state index in [1.165, 1.54) is 0 Å². The summed E-state index contributed by atoms with van der Waals surface area (Å²) in [6, 6.07) is 9.72. The van der Waals surface area contributed by atoms with E-state index < -0.39 is 0 Å². The van der Waals surface area contributed by atoms with Gasteiger partial charge in [-0.15, -0.1) is 0 Å². The van der Waals surface area contributed by atoms with Gasteiger partial charge in [0.25, 0.3) is 0 Å². The molecule has 0 saturated heterocycles. The lowest BCUT2D eigenvalue weighted by molar-refractivity contribution is -0.144. The fraction of sp³-hybridized carbons (Fsp3) is 0.357. The molecule has 2 heteroatoms. The van der Waals surface area contributed by atoms with Crippen molar-refractivity contribution in [3.05, 3.63) is 48.0 Å². The summed E-state index contributed by atoms with van der Waals surface area (Å²) >= 11 is 0. The Morgan fingerprint density at radius 2 is 2.00 bits per heavy atom. The Bertz CT molecular complexity index is 354. The lowest BCUT2D eigenvalue weighted by Crippen LogP contribution is -2.16. The second-order valence-electron chi connectivity index (χ2n) is 3.94. The zero-order valence-corrected chi connectivity index (χ0v) is 9.90. The van der Waals surface area contributed by atoms with E-state index in [1.54, 1.807) is 0 Å². The van der Waals surface area contributed by atoms with Gasteiger partial charge in [0, 0.05) is 0 Å². The van der Waals surface area contributed by atoms with Crippen molar-refractivity contribution in [3.63, 3.8) is 0 Å². The van der Waals surface area contributed by atoms with Crippen LogP contribution in [0.15, 0.2) is 42.5 Å². The Labute approximate surface area is 96.9 Å². The maximum atomic E-state index is 11.8. The minimum Gasteiger partial charge on any atom is -0.461 e. The van der Waals surface area contributed by atoms with Gasteiger partial charge in [-0.05, 0) is 24.5 Å². The smallest absolute Gasteiger partial charge is 0.313 e. The number of esters is 1. The molecule has 1 atom stereocenters. The van der Waals surface area contributed by atoms with Crippen molar-refractivity contribution >= 4 is 5.97 Å². The normalized spacial score (nSPS) is 11.9. The molecule has 16 heavy (non-hydrogen) atoms. The second-order valence-corrected chi connectivity index (χ2v) is 3.94. The fourth-order valence-electron chi connectivity index (χ4n) is 1.52. The van der Waals surface area contributed by atoms with E-state index in [-0.39, 0.29) is 11.9 Å². The van der Waals surface area contributed by atoms with Crippen molar-refractivity contribution in [1.29, 1.82) is 0 Å². The first-order valence-electron chi connectivity index (χ1n) is 5.51. The van der Waals surface area contributed by atoms with E-state index in [9.17, 15) is 4.79 Å². The van der Waals surface area contributed by atoms with Crippen LogP contribution in [0.3, 0.4) is 0 Å². The molecule has 0 N–H and O–H groups in total. The Balaban J connectivity index is 2.68. The summed E-state index contributed by atoms with van der Waals surface area (Å²) in [5.74, 6) is -0.336. The van der Waals surface area contributed by atoms with Gasteiger partial charge in [-0.2, -0.15) is 0 Å². The summed E-state index contributed by atoms with van der Waals surface area (Å²) in [4.78, 5) is 11.8. The third-order valence-corrected chi connectivity index (χ3v) is 2.36. The predicted molar refractivity (Wildman–Crippen MR) is 65.2 cm³/mol. The molecule has 0 amide bonds. The van der Waals surface area contributed by atoms with Gasteiger partial charge in [-0.3, -0.25) is 4.79 Å². The number of hydrogen-bond acceptors (Lipinski definition) is 2. The number of hydrogen-bond donors (Lipinski definition) is 0. The van der Waals surface area contributed by atoms with Crippen LogP contribution < -0.4 is 0 Å². The summed E-state index contributed by atoms with van der Waals surface area (Å²) in [6.07, 6.45) is 0.749. The molecule has 0 aliphatic heterocycles. The molecule has 86 valence electrons. The standard InChI is InChI=1S/C14H18O2/c1-4-13(12-8-6-5-7-9-12)14(15)16-10-11(2)3/h5-9,13H,2,4,10H2,1,3H3. The Hall–Kier alpha value is -1.57. The van der Waals surface area contributed by atoms with Gasteiger partial charge in [0.1, 0.15) is 6.61 Å². The molecular weight excluding hydrogens is 200 g/mol. The first kappa shape index (κ1) is 12.5. The monoisotopic (exact) mass is 218 g/mol. The molecule has 0 aliphatic rings. The number of carbonyl (C=O) groups is 1. The van der Waals surface area contributed by atoms with E-state index in [4.69, 9.17) is 4.74 Å². The van der Waals surface area contributed by atoms with Crippen LogP contribution in [0.1, 0.15) is 31.7 Å². The second kappa shape index (κ2) is 6.11. The van der Waals surface area contributed by atoms with E-state index >= 15 is 0 Å². The van der Waals surface area contributed by atoms with Gasteiger partial charge in [0.05, 0.1) is 5.92 Å². The molecule has 0 radical (unpaired) electrons. The molecule has 0 fully saturated rings. The minimum absolute atomic E-state index is 0.166. The number of rotatable bonds is 5. The highest BCUT2D eigenvalue weighted by Gasteiger charge is 2.19. The summed E-state index contributed by atoms with van der Waals surface area (Å²) in [5, 5.41) is 0. The maximum Gasteiger partial charge on any atom is 0.313 e. The fourth-order valence-corrected chi connectivity index (χ4v) is 1.52. The molecular formula is C14H18O2. The van der Waals surface area contributed by atoms with Crippen molar-refractivity contribution in [3.8, 4) is 0 Å². The lowest BCUT2D eigenvalue weighted by atomic mass is 9.97. The van der Waals surface area contributed by atoms with Crippen LogP contribution >= 0.6 is 0 Å². The van der Waals surface area contributed by atoms with Gasteiger partial charge in [0.2, 0.25) is 0 Å².